The third-order valence-electron chi connectivity index (χ3n) is 8.21. The fraction of sp³-hybridized carbons (Fsp3) is 0.536. The van der Waals surface area contributed by atoms with E-state index in [1.54, 1.807) is 42.1 Å². The lowest BCUT2D eigenvalue weighted by molar-refractivity contribution is 0.141. The van der Waals surface area contributed by atoms with E-state index >= 15 is 0 Å². The van der Waals surface area contributed by atoms with Crippen LogP contribution >= 0.6 is 0 Å². The number of halogens is 2. The molecule has 11 heteroatoms. The molecule has 1 fully saturated rings. The van der Waals surface area contributed by atoms with Crippen molar-refractivity contribution in [2.45, 2.75) is 57.5 Å². The molecule has 3 aliphatic heterocycles. The summed E-state index contributed by atoms with van der Waals surface area (Å²) < 4.78 is 38.4. The van der Waals surface area contributed by atoms with Crippen LogP contribution in [0.3, 0.4) is 0 Å². The van der Waals surface area contributed by atoms with E-state index in [-0.39, 0.29) is 17.6 Å². The first-order valence-electron chi connectivity index (χ1n) is 13.8. The van der Waals surface area contributed by atoms with E-state index in [2.05, 4.69) is 20.0 Å². The Morgan fingerprint density at radius 2 is 2.03 bits per heavy atom. The second kappa shape index (κ2) is 10.6. The Bertz CT molecular complexity index is 1360. The van der Waals surface area contributed by atoms with Crippen LogP contribution in [0.15, 0.2) is 24.5 Å². The van der Waals surface area contributed by atoms with Gasteiger partial charge in [-0.3, -0.25) is 9.36 Å². The molecule has 39 heavy (non-hydrogen) atoms. The van der Waals surface area contributed by atoms with Gasteiger partial charge in [0.15, 0.2) is 5.82 Å². The summed E-state index contributed by atoms with van der Waals surface area (Å²) in [6, 6.07) is 3.65. The van der Waals surface area contributed by atoms with Crippen molar-refractivity contribution in [3.63, 3.8) is 0 Å². The molecule has 1 aromatic carbocycles. The molecule has 2 aromatic heterocycles. The summed E-state index contributed by atoms with van der Waals surface area (Å²) in [5.41, 5.74) is 5.16. The Morgan fingerprint density at radius 3 is 2.79 bits per heavy atom. The number of benzene rings is 1. The largest absolute Gasteiger partial charge is 0.381 e. The van der Waals surface area contributed by atoms with E-state index in [1.165, 1.54) is 0 Å². The highest BCUT2D eigenvalue weighted by Gasteiger charge is 2.34. The Labute approximate surface area is 226 Å². The van der Waals surface area contributed by atoms with Gasteiger partial charge in [0, 0.05) is 81.1 Å². The van der Waals surface area contributed by atoms with Crippen LogP contribution in [0.25, 0.3) is 11.1 Å². The van der Waals surface area contributed by atoms with Crippen molar-refractivity contribution in [1.29, 1.82) is 0 Å². The van der Waals surface area contributed by atoms with Gasteiger partial charge in [0.25, 0.3) is 6.43 Å². The SMILES string of the molecule is CNC(=O)N1CCc2c(c(N3CCCc4cc(-c5cnn(C)c5)c(C(F)F)cc43)nn2[C@H]2CCCOCC2)C1. The molecule has 6 rings (SSSR count). The van der Waals surface area contributed by atoms with Gasteiger partial charge in [0.1, 0.15) is 0 Å². The predicted molar refractivity (Wildman–Crippen MR) is 143 cm³/mol. The number of hydrogen-bond acceptors (Lipinski definition) is 5. The van der Waals surface area contributed by atoms with Gasteiger partial charge >= 0.3 is 6.03 Å². The van der Waals surface area contributed by atoms with Crippen molar-refractivity contribution in [3.05, 3.63) is 46.9 Å². The number of alkyl halides is 2. The number of anilines is 2. The number of carbonyl (C=O) groups is 1. The number of ether oxygens (including phenoxy) is 1. The quantitative estimate of drug-likeness (QED) is 0.518. The van der Waals surface area contributed by atoms with Crippen LogP contribution in [0, 0.1) is 0 Å². The molecule has 9 nitrogen and oxygen atoms in total. The van der Waals surface area contributed by atoms with Gasteiger partial charge in [0.05, 0.1) is 18.8 Å². The average Bonchev–Trinajstić information content (AvgIpc) is 3.44. The summed E-state index contributed by atoms with van der Waals surface area (Å²) in [7, 11) is 3.42. The van der Waals surface area contributed by atoms with Crippen molar-refractivity contribution >= 4 is 17.5 Å². The van der Waals surface area contributed by atoms with Crippen LogP contribution in [0.4, 0.5) is 25.1 Å². The molecule has 208 valence electrons. The number of aromatic nitrogens is 4. The first kappa shape index (κ1) is 25.8. The average molecular weight is 540 g/mol. The second-order valence-electron chi connectivity index (χ2n) is 10.6. The summed E-state index contributed by atoms with van der Waals surface area (Å²) >= 11 is 0. The Hall–Kier alpha value is -3.47. The monoisotopic (exact) mass is 539 g/mol. The molecule has 0 aliphatic carbocycles. The first-order valence-corrected chi connectivity index (χ1v) is 13.8. The highest BCUT2D eigenvalue weighted by atomic mass is 19.3. The van der Waals surface area contributed by atoms with Crippen LogP contribution in [0.2, 0.25) is 0 Å². The number of rotatable bonds is 4. The number of fused-ring (bicyclic) bond motifs is 2. The highest BCUT2D eigenvalue weighted by molar-refractivity contribution is 5.78. The molecule has 1 saturated heterocycles. The van der Waals surface area contributed by atoms with Crippen LogP contribution in [0.5, 0.6) is 0 Å². The Morgan fingerprint density at radius 1 is 1.15 bits per heavy atom. The molecule has 2 amide bonds. The van der Waals surface area contributed by atoms with Crippen molar-refractivity contribution in [2.75, 3.05) is 38.3 Å². The zero-order valence-corrected chi connectivity index (χ0v) is 22.5. The minimum atomic E-state index is -2.63. The van der Waals surface area contributed by atoms with Crippen LogP contribution in [0.1, 0.15) is 60.5 Å². The minimum Gasteiger partial charge on any atom is -0.381 e. The van der Waals surface area contributed by atoms with Gasteiger partial charge < -0.3 is 19.9 Å². The van der Waals surface area contributed by atoms with Gasteiger partial charge in [-0.05, 0) is 55.4 Å². The lowest BCUT2D eigenvalue weighted by Gasteiger charge is -2.33. The molecular formula is C28H35F2N7O2. The third-order valence-corrected chi connectivity index (χ3v) is 8.21. The van der Waals surface area contributed by atoms with Crippen molar-refractivity contribution in [3.8, 4) is 11.1 Å². The summed E-state index contributed by atoms with van der Waals surface area (Å²) in [5, 5.41) is 12.1. The van der Waals surface area contributed by atoms with Crippen LogP contribution < -0.4 is 10.2 Å². The van der Waals surface area contributed by atoms with E-state index in [0.29, 0.717) is 43.8 Å². The van der Waals surface area contributed by atoms with Crippen LogP contribution in [-0.4, -0.2) is 63.8 Å². The van der Waals surface area contributed by atoms with Gasteiger partial charge in [0.2, 0.25) is 0 Å². The predicted octanol–water partition coefficient (Wildman–Crippen LogP) is 4.74. The maximum atomic E-state index is 14.4. The molecule has 3 aromatic rings. The third kappa shape index (κ3) is 4.77. The topological polar surface area (TPSA) is 80.5 Å². The lowest BCUT2D eigenvalue weighted by atomic mass is 9.92. The van der Waals surface area contributed by atoms with Crippen molar-refractivity contribution < 1.29 is 18.3 Å². The zero-order valence-electron chi connectivity index (χ0n) is 22.5. The second-order valence-corrected chi connectivity index (χ2v) is 10.6. The van der Waals surface area contributed by atoms with E-state index < -0.39 is 6.43 Å². The maximum absolute atomic E-state index is 14.4. The molecule has 0 bridgehead atoms. The first-order chi connectivity index (χ1) is 18.9. The number of hydrogen-bond donors (Lipinski definition) is 1. The van der Waals surface area contributed by atoms with E-state index in [0.717, 1.165) is 67.0 Å². The summed E-state index contributed by atoms with van der Waals surface area (Å²) in [6.07, 6.45) is 6.00. The molecule has 0 unspecified atom stereocenters. The van der Waals surface area contributed by atoms with Gasteiger partial charge in [-0.25, -0.2) is 13.6 Å². The smallest absolute Gasteiger partial charge is 0.317 e. The number of carbonyl (C=O) groups excluding carboxylic acids is 1. The minimum absolute atomic E-state index is 0.00476. The molecule has 0 spiro atoms. The number of amides is 2. The summed E-state index contributed by atoms with van der Waals surface area (Å²) in [4.78, 5) is 16.5. The molecule has 0 radical (unpaired) electrons. The zero-order chi connectivity index (χ0) is 27.1. The summed E-state index contributed by atoms with van der Waals surface area (Å²) in [6.45, 7) is 3.18. The molecular weight excluding hydrogens is 504 g/mol. The molecule has 5 heterocycles. The normalized spacial score (nSPS) is 19.6. The Kier molecular flexibility index (Phi) is 7.01. The number of nitrogens with one attached hydrogen (secondary N) is 1. The van der Waals surface area contributed by atoms with Gasteiger partial charge in [-0.2, -0.15) is 10.2 Å². The Balaban J connectivity index is 1.46. The van der Waals surface area contributed by atoms with Crippen molar-refractivity contribution in [2.24, 2.45) is 7.05 Å². The fourth-order valence-corrected chi connectivity index (χ4v) is 6.27. The maximum Gasteiger partial charge on any atom is 0.317 e. The van der Waals surface area contributed by atoms with E-state index in [4.69, 9.17) is 9.84 Å². The van der Waals surface area contributed by atoms with E-state index in [9.17, 15) is 13.6 Å². The summed E-state index contributed by atoms with van der Waals surface area (Å²) in [5.74, 6) is 0.777. The molecule has 1 N–H and O–H groups in total. The standard InChI is InChI=1S/C28H35F2N7O2/c1-31-28(38)35-10-7-24-23(17-35)27(33-37(24)20-6-4-11-39-12-8-20)36-9-3-5-18-13-21(19-15-32-34(2)16-19)22(26(29)30)14-25(18)36/h13-16,20,26H,3-12,17H2,1-2H3,(H,31,38)/t20-/m0/s1. The molecule has 3 aliphatic rings. The highest BCUT2D eigenvalue weighted by Crippen LogP contribution is 2.43. The van der Waals surface area contributed by atoms with Gasteiger partial charge in [-0.15, -0.1) is 0 Å². The van der Waals surface area contributed by atoms with Gasteiger partial charge in [-0.1, -0.05) is 0 Å². The number of aryl methyl sites for hydroxylation is 2. The number of urea groups is 1. The van der Waals surface area contributed by atoms with Crippen molar-refractivity contribution in [1.82, 2.24) is 29.8 Å². The molecule has 1 atom stereocenters. The van der Waals surface area contributed by atoms with E-state index in [1.807, 2.05) is 6.07 Å². The molecule has 0 saturated carbocycles. The number of nitrogens with zero attached hydrogens (tertiary/aromatic N) is 6. The van der Waals surface area contributed by atoms with Crippen LogP contribution in [-0.2, 0) is 31.2 Å². The fourth-order valence-electron chi connectivity index (χ4n) is 6.27. The lowest BCUT2D eigenvalue weighted by Crippen LogP contribution is -2.42.